The maximum Gasteiger partial charge on any atom is -0.0233 e. The summed E-state index contributed by atoms with van der Waals surface area (Å²) in [6, 6.07) is 0. The standard InChI is InChI=1S/C24H44/c1-2-3-4-5-6-7-8-9-10-11-12-13-14-15-16-18-21-24-22-19-17-20-23-24/h9-10,19,22,24H,2-8,11-18,20-21,23H2,1H3. The first-order chi connectivity index (χ1) is 11.9. The van der Waals surface area contributed by atoms with Gasteiger partial charge in [-0.3, -0.25) is 0 Å². The molecule has 0 aliphatic heterocycles. The molecule has 0 aromatic heterocycles. The summed E-state index contributed by atoms with van der Waals surface area (Å²) in [6.45, 7) is 2.29. The lowest BCUT2D eigenvalue weighted by Crippen LogP contribution is -2.00. The summed E-state index contributed by atoms with van der Waals surface area (Å²) in [5.41, 5.74) is 0. The van der Waals surface area contributed by atoms with Crippen molar-refractivity contribution in [3.63, 3.8) is 0 Å². The molecule has 1 unspecified atom stereocenters. The number of rotatable bonds is 16. The molecule has 0 saturated heterocycles. The average molecular weight is 333 g/mol. The Morgan fingerprint density at radius 3 is 1.92 bits per heavy atom. The van der Waals surface area contributed by atoms with E-state index in [1.807, 2.05) is 0 Å². The first-order valence-electron chi connectivity index (χ1n) is 11.2. The van der Waals surface area contributed by atoms with Crippen LogP contribution < -0.4 is 0 Å². The van der Waals surface area contributed by atoms with Crippen LogP contribution in [0.15, 0.2) is 24.3 Å². The lowest BCUT2D eigenvalue weighted by Gasteiger charge is -2.15. The van der Waals surface area contributed by atoms with Gasteiger partial charge in [-0.1, -0.05) is 95.4 Å². The molecule has 0 fully saturated rings. The molecule has 140 valence electrons. The zero-order valence-corrected chi connectivity index (χ0v) is 16.6. The van der Waals surface area contributed by atoms with E-state index in [0.717, 1.165) is 5.92 Å². The Morgan fingerprint density at radius 1 is 0.750 bits per heavy atom. The Bertz CT molecular complexity index is 299. The molecule has 0 spiro atoms. The largest absolute Gasteiger partial charge is 0.0885 e. The van der Waals surface area contributed by atoms with Crippen LogP contribution in [0.25, 0.3) is 0 Å². The van der Waals surface area contributed by atoms with Crippen LogP contribution in [0, 0.1) is 5.92 Å². The number of allylic oxidation sites excluding steroid dienone is 4. The first-order valence-corrected chi connectivity index (χ1v) is 11.2. The van der Waals surface area contributed by atoms with Gasteiger partial charge in [0.1, 0.15) is 0 Å². The molecule has 1 rings (SSSR count). The first kappa shape index (κ1) is 21.5. The Morgan fingerprint density at radius 2 is 1.33 bits per heavy atom. The number of hydrogen-bond donors (Lipinski definition) is 0. The normalized spacial score (nSPS) is 17.8. The van der Waals surface area contributed by atoms with Crippen molar-refractivity contribution in [3.05, 3.63) is 24.3 Å². The van der Waals surface area contributed by atoms with Crippen LogP contribution in [0.1, 0.15) is 122 Å². The molecule has 0 aromatic rings. The Labute approximate surface area is 153 Å². The van der Waals surface area contributed by atoms with E-state index in [1.165, 1.54) is 116 Å². The van der Waals surface area contributed by atoms with E-state index in [1.54, 1.807) is 0 Å². The highest BCUT2D eigenvalue weighted by atomic mass is 14.1. The van der Waals surface area contributed by atoms with Crippen LogP contribution >= 0.6 is 0 Å². The average Bonchev–Trinajstić information content (AvgIpc) is 2.62. The molecule has 0 bridgehead atoms. The molecule has 0 radical (unpaired) electrons. The van der Waals surface area contributed by atoms with Gasteiger partial charge >= 0.3 is 0 Å². The van der Waals surface area contributed by atoms with E-state index in [4.69, 9.17) is 0 Å². The summed E-state index contributed by atoms with van der Waals surface area (Å²) in [5.74, 6) is 0.913. The Balaban J connectivity index is 1.73. The second-order valence-electron chi connectivity index (χ2n) is 7.85. The fourth-order valence-electron chi connectivity index (χ4n) is 3.78. The molecule has 0 heteroatoms. The van der Waals surface area contributed by atoms with E-state index in [0.29, 0.717) is 0 Å². The highest BCUT2D eigenvalue weighted by Gasteiger charge is 2.07. The van der Waals surface area contributed by atoms with Crippen LogP contribution in [0.2, 0.25) is 0 Å². The SMILES string of the molecule is CCCCCCCCC=CCCCCCCCCC1C=CCCC1. The third-order valence-electron chi connectivity index (χ3n) is 5.44. The second-order valence-corrected chi connectivity index (χ2v) is 7.85. The minimum Gasteiger partial charge on any atom is -0.0885 e. The van der Waals surface area contributed by atoms with Crippen molar-refractivity contribution in [3.8, 4) is 0 Å². The van der Waals surface area contributed by atoms with Crippen molar-refractivity contribution in [2.24, 2.45) is 5.92 Å². The molecule has 24 heavy (non-hydrogen) atoms. The van der Waals surface area contributed by atoms with Gasteiger partial charge in [0.05, 0.1) is 0 Å². The molecule has 1 atom stereocenters. The predicted molar refractivity (Wildman–Crippen MR) is 111 cm³/mol. The maximum atomic E-state index is 2.47. The molecule has 0 N–H and O–H groups in total. The van der Waals surface area contributed by atoms with Crippen LogP contribution in [0.5, 0.6) is 0 Å². The van der Waals surface area contributed by atoms with Gasteiger partial charge in [0.25, 0.3) is 0 Å². The summed E-state index contributed by atoms with van der Waals surface area (Å²) in [6.07, 6.45) is 35.1. The van der Waals surface area contributed by atoms with Crippen LogP contribution in [0.3, 0.4) is 0 Å². The quantitative estimate of drug-likeness (QED) is 0.196. The van der Waals surface area contributed by atoms with Gasteiger partial charge in [-0.15, -0.1) is 0 Å². The zero-order chi connectivity index (χ0) is 17.1. The minimum absolute atomic E-state index is 0.913. The monoisotopic (exact) mass is 332 g/mol. The van der Waals surface area contributed by atoms with Crippen molar-refractivity contribution in [2.45, 2.75) is 122 Å². The third-order valence-corrected chi connectivity index (χ3v) is 5.44. The van der Waals surface area contributed by atoms with Gasteiger partial charge in [-0.25, -0.2) is 0 Å². The van der Waals surface area contributed by atoms with Crippen molar-refractivity contribution in [1.82, 2.24) is 0 Å². The molecular weight excluding hydrogens is 288 g/mol. The highest BCUT2D eigenvalue weighted by Crippen LogP contribution is 2.22. The third kappa shape index (κ3) is 13.9. The summed E-state index contributed by atoms with van der Waals surface area (Å²) < 4.78 is 0. The van der Waals surface area contributed by atoms with Gasteiger partial charge in [-0.05, 0) is 57.3 Å². The van der Waals surface area contributed by atoms with E-state index < -0.39 is 0 Å². The maximum absolute atomic E-state index is 2.47. The topological polar surface area (TPSA) is 0 Å². The zero-order valence-electron chi connectivity index (χ0n) is 16.6. The van der Waals surface area contributed by atoms with Gasteiger partial charge < -0.3 is 0 Å². The molecule has 1 aliphatic carbocycles. The molecule has 0 aromatic carbocycles. The van der Waals surface area contributed by atoms with E-state index in [2.05, 4.69) is 31.2 Å². The van der Waals surface area contributed by atoms with Crippen molar-refractivity contribution >= 4 is 0 Å². The molecule has 0 nitrogen and oxygen atoms in total. The number of hydrogen-bond acceptors (Lipinski definition) is 0. The fraction of sp³-hybridized carbons (Fsp3) is 0.833. The van der Waals surface area contributed by atoms with Crippen LogP contribution in [-0.4, -0.2) is 0 Å². The van der Waals surface area contributed by atoms with Crippen molar-refractivity contribution < 1.29 is 0 Å². The number of unbranched alkanes of at least 4 members (excludes halogenated alkanes) is 12. The molecule has 0 heterocycles. The van der Waals surface area contributed by atoms with Crippen LogP contribution in [0.4, 0.5) is 0 Å². The summed E-state index contributed by atoms with van der Waals surface area (Å²) in [5, 5.41) is 0. The highest BCUT2D eigenvalue weighted by molar-refractivity contribution is 4.92. The molecule has 0 amide bonds. The fourth-order valence-corrected chi connectivity index (χ4v) is 3.78. The van der Waals surface area contributed by atoms with E-state index in [-0.39, 0.29) is 0 Å². The van der Waals surface area contributed by atoms with Crippen molar-refractivity contribution in [1.29, 1.82) is 0 Å². The molecular formula is C24H44. The van der Waals surface area contributed by atoms with Crippen molar-refractivity contribution in [2.75, 3.05) is 0 Å². The Kier molecular flexibility index (Phi) is 15.5. The second kappa shape index (κ2) is 17.3. The molecule has 0 saturated carbocycles. The summed E-state index contributed by atoms with van der Waals surface area (Å²) in [4.78, 5) is 0. The predicted octanol–water partition coefficient (Wildman–Crippen LogP) is 8.77. The summed E-state index contributed by atoms with van der Waals surface area (Å²) in [7, 11) is 0. The van der Waals surface area contributed by atoms with Gasteiger partial charge in [0.2, 0.25) is 0 Å². The molecule has 1 aliphatic rings. The van der Waals surface area contributed by atoms with Gasteiger partial charge in [-0.2, -0.15) is 0 Å². The van der Waals surface area contributed by atoms with Gasteiger partial charge in [0, 0.05) is 0 Å². The Hall–Kier alpha value is -0.520. The summed E-state index contributed by atoms with van der Waals surface area (Å²) >= 11 is 0. The lowest BCUT2D eigenvalue weighted by molar-refractivity contribution is 0.469. The smallest absolute Gasteiger partial charge is 0.0233 e. The minimum atomic E-state index is 0.913. The van der Waals surface area contributed by atoms with E-state index >= 15 is 0 Å². The van der Waals surface area contributed by atoms with Gasteiger partial charge in [0.15, 0.2) is 0 Å². The lowest BCUT2D eigenvalue weighted by atomic mass is 9.91. The van der Waals surface area contributed by atoms with E-state index in [9.17, 15) is 0 Å². The van der Waals surface area contributed by atoms with Crippen LogP contribution in [-0.2, 0) is 0 Å².